The molecular weight excluding hydrogens is 341 g/mol. The average molecular weight is 367 g/mol. The van der Waals surface area contributed by atoms with Crippen LogP contribution >= 0.6 is 0 Å². The fourth-order valence-corrected chi connectivity index (χ4v) is 3.18. The summed E-state index contributed by atoms with van der Waals surface area (Å²) in [5.74, 6) is 0.722. The first kappa shape index (κ1) is 19.1. The van der Waals surface area contributed by atoms with Crippen LogP contribution in [0.1, 0.15) is 24.5 Å². The Bertz CT molecular complexity index is 820. The molecule has 0 amide bonds. The molecule has 0 atom stereocenters. The Labute approximate surface area is 160 Å². The van der Waals surface area contributed by atoms with E-state index in [4.69, 9.17) is 4.74 Å². The van der Waals surface area contributed by atoms with Crippen LogP contribution in [0.5, 0.6) is 5.75 Å². The zero-order valence-corrected chi connectivity index (χ0v) is 15.7. The summed E-state index contributed by atoms with van der Waals surface area (Å²) in [7, 11) is 0. The largest absolute Gasteiger partial charge is 0.494 e. The van der Waals surface area contributed by atoms with E-state index in [2.05, 4.69) is 20.5 Å². The quantitative estimate of drug-likeness (QED) is 0.528. The average Bonchev–Trinajstić information content (AvgIpc) is 3.17. The van der Waals surface area contributed by atoms with E-state index in [-0.39, 0.29) is 5.82 Å². The van der Waals surface area contributed by atoms with Gasteiger partial charge in [-0.1, -0.05) is 30.3 Å². The molecule has 0 saturated carbocycles. The van der Waals surface area contributed by atoms with E-state index in [1.54, 1.807) is 18.3 Å². The number of aromatic nitrogens is 2. The second-order valence-corrected chi connectivity index (χ2v) is 6.54. The molecule has 0 aliphatic carbocycles. The summed E-state index contributed by atoms with van der Waals surface area (Å²) in [6.45, 7) is 5.90. The van der Waals surface area contributed by atoms with Crippen LogP contribution in [0.2, 0.25) is 0 Å². The first-order valence-corrected chi connectivity index (χ1v) is 9.38. The second-order valence-electron chi connectivity index (χ2n) is 6.54. The fourth-order valence-electron chi connectivity index (χ4n) is 3.18. The highest BCUT2D eigenvalue weighted by Gasteiger charge is 2.11. The summed E-state index contributed by atoms with van der Waals surface area (Å²) in [5, 5.41) is 0. The molecule has 5 heteroatoms. The van der Waals surface area contributed by atoms with Crippen LogP contribution in [0.3, 0.4) is 0 Å². The van der Waals surface area contributed by atoms with Gasteiger partial charge in [-0.25, -0.2) is 9.37 Å². The topological polar surface area (TPSA) is 30.3 Å². The minimum atomic E-state index is -0.194. The van der Waals surface area contributed by atoms with Gasteiger partial charge in [0.25, 0.3) is 0 Å². The van der Waals surface area contributed by atoms with Crippen molar-refractivity contribution in [3.05, 3.63) is 84.2 Å². The van der Waals surface area contributed by atoms with Crippen molar-refractivity contribution in [3.8, 4) is 5.75 Å². The van der Waals surface area contributed by atoms with Crippen molar-refractivity contribution in [2.24, 2.45) is 0 Å². The molecule has 0 unspecified atom stereocenters. The van der Waals surface area contributed by atoms with Crippen LogP contribution in [0.15, 0.2) is 67.3 Å². The molecule has 0 bridgehead atoms. The number of aryl methyl sites for hydroxylation is 1. The smallest absolute Gasteiger partial charge is 0.123 e. The standard InChI is InChI=1S/C22H26FN3O/c1-2-27-22-10-4-3-8-20(22)17-26(13-6-12-25-14-11-24-18-25)16-19-7-5-9-21(23)15-19/h3-5,7-11,14-15,18H,2,6,12-13,16-17H2,1H3. The van der Waals surface area contributed by atoms with Gasteiger partial charge in [0.05, 0.1) is 12.9 Å². The van der Waals surface area contributed by atoms with Crippen molar-refractivity contribution in [1.82, 2.24) is 14.5 Å². The zero-order chi connectivity index (χ0) is 18.9. The van der Waals surface area contributed by atoms with Crippen LogP contribution in [0, 0.1) is 5.82 Å². The molecule has 27 heavy (non-hydrogen) atoms. The maximum Gasteiger partial charge on any atom is 0.123 e. The van der Waals surface area contributed by atoms with Crippen molar-refractivity contribution < 1.29 is 9.13 Å². The molecule has 0 fully saturated rings. The van der Waals surface area contributed by atoms with Gasteiger partial charge in [-0.05, 0) is 37.1 Å². The van der Waals surface area contributed by atoms with Crippen molar-refractivity contribution in [1.29, 1.82) is 0 Å². The normalized spacial score (nSPS) is 11.1. The third-order valence-corrected chi connectivity index (χ3v) is 4.41. The molecular formula is C22H26FN3O. The van der Waals surface area contributed by atoms with Crippen LogP contribution < -0.4 is 4.74 Å². The van der Waals surface area contributed by atoms with Gasteiger partial charge in [-0.3, -0.25) is 4.90 Å². The number of hydrogen-bond donors (Lipinski definition) is 0. The van der Waals surface area contributed by atoms with Gasteiger partial charge in [0.2, 0.25) is 0 Å². The monoisotopic (exact) mass is 367 g/mol. The predicted molar refractivity (Wildman–Crippen MR) is 105 cm³/mol. The minimum absolute atomic E-state index is 0.194. The molecule has 0 spiro atoms. The maximum absolute atomic E-state index is 13.6. The Hall–Kier alpha value is -2.66. The first-order valence-electron chi connectivity index (χ1n) is 9.38. The van der Waals surface area contributed by atoms with E-state index in [0.717, 1.165) is 42.9 Å². The number of halogens is 1. The van der Waals surface area contributed by atoms with Gasteiger partial charge < -0.3 is 9.30 Å². The Morgan fingerprint density at radius 2 is 2.00 bits per heavy atom. The lowest BCUT2D eigenvalue weighted by Gasteiger charge is -2.24. The van der Waals surface area contributed by atoms with Crippen LogP contribution in [0.4, 0.5) is 4.39 Å². The molecule has 3 aromatic rings. The fraction of sp³-hybridized carbons (Fsp3) is 0.318. The third-order valence-electron chi connectivity index (χ3n) is 4.41. The molecule has 142 valence electrons. The van der Waals surface area contributed by atoms with Crippen molar-refractivity contribution in [2.75, 3.05) is 13.2 Å². The summed E-state index contributed by atoms with van der Waals surface area (Å²) < 4.78 is 21.4. The minimum Gasteiger partial charge on any atom is -0.494 e. The summed E-state index contributed by atoms with van der Waals surface area (Å²) >= 11 is 0. The highest BCUT2D eigenvalue weighted by molar-refractivity contribution is 5.33. The summed E-state index contributed by atoms with van der Waals surface area (Å²) in [4.78, 5) is 6.43. The van der Waals surface area contributed by atoms with Gasteiger partial charge in [-0.15, -0.1) is 0 Å². The lowest BCUT2D eigenvalue weighted by Crippen LogP contribution is -2.25. The summed E-state index contributed by atoms with van der Waals surface area (Å²) in [5.41, 5.74) is 2.13. The van der Waals surface area contributed by atoms with Crippen LogP contribution in [-0.4, -0.2) is 27.6 Å². The Balaban J connectivity index is 1.70. The van der Waals surface area contributed by atoms with E-state index in [1.807, 2.05) is 43.7 Å². The zero-order valence-electron chi connectivity index (χ0n) is 15.7. The first-order chi connectivity index (χ1) is 13.2. The molecule has 1 heterocycles. The second kappa shape index (κ2) is 9.88. The summed E-state index contributed by atoms with van der Waals surface area (Å²) in [6, 6.07) is 15.0. The molecule has 2 aromatic carbocycles. The van der Waals surface area contributed by atoms with Crippen molar-refractivity contribution >= 4 is 0 Å². The molecule has 0 N–H and O–H groups in total. The van der Waals surface area contributed by atoms with Crippen molar-refractivity contribution in [3.63, 3.8) is 0 Å². The van der Waals surface area contributed by atoms with Crippen molar-refractivity contribution in [2.45, 2.75) is 33.0 Å². The van der Waals surface area contributed by atoms with E-state index in [1.165, 1.54) is 6.07 Å². The number of rotatable bonds is 10. The number of nitrogens with zero attached hydrogens (tertiary/aromatic N) is 3. The molecule has 4 nitrogen and oxygen atoms in total. The molecule has 0 saturated heterocycles. The SMILES string of the molecule is CCOc1ccccc1CN(CCCn1ccnc1)Cc1cccc(F)c1. The number of ether oxygens (including phenoxy) is 1. The van der Waals surface area contributed by atoms with Gasteiger partial charge in [0.1, 0.15) is 11.6 Å². The number of benzene rings is 2. The van der Waals surface area contributed by atoms with E-state index in [0.29, 0.717) is 13.2 Å². The highest BCUT2D eigenvalue weighted by atomic mass is 19.1. The molecule has 1 aromatic heterocycles. The third kappa shape index (κ3) is 5.93. The van der Waals surface area contributed by atoms with Gasteiger partial charge in [0, 0.05) is 44.1 Å². The Kier molecular flexibility index (Phi) is 6.99. The van der Waals surface area contributed by atoms with Gasteiger partial charge >= 0.3 is 0 Å². The maximum atomic E-state index is 13.6. The van der Waals surface area contributed by atoms with Gasteiger partial charge in [-0.2, -0.15) is 0 Å². The lowest BCUT2D eigenvalue weighted by atomic mass is 10.1. The van der Waals surface area contributed by atoms with E-state index >= 15 is 0 Å². The summed E-state index contributed by atoms with van der Waals surface area (Å²) in [6.07, 6.45) is 6.59. The molecule has 3 rings (SSSR count). The molecule has 0 aliphatic rings. The number of imidazole rings is 1. The van der Waals surface area contributed by atoms with E-state index in [9.17, 15) is 4.39 Å². The highest BCUT2D eigenvalue weighted by Crippen LogP contribution is 2.21. The molecule has 0 aliphatic heterocycles. The van der Waals surface area contributed by atoms with Crippen LogP contribution in [-0.2, 0) is 19.6 Å². The number of para-hydroxylation sites is 1. The lowest BCUT2D eigenvalue weighted by molar-refractivity contribution is 0.241. The van der Waals surface area contributed by atoms with Crippen LogP contribution in [0.25, 0.3) is 0 Å². The predicted octanol–water partition coefficient (Wildman–Crippen LogP) is 4.51. The van der Waals surface area contributed by atoms with E-state index < -0.39 is 0 Å². The number of hydrogen-bond acceptors (Lipinski definition) is 3. The Morgan fingerprint density at radius 3 is 2.78 bits per heavy atom. The van der Waals surface area contributed by atoms with Gasteiger partial charge in [0.15, 0.2) is 0 Å². The molecule has 0 radical (unpaired) electrons. The Morgan fingerprint density at radius 1 is 1.11 bits per heavy atom.